The summed E-state index contributed by atoms with van der Waals surface area (Å²) < 4.78 is 7.11. The molecule has 1 saturated heterocycles. The number of nitrogens with one attached hydrogen (secondary N) is 1. The van der Waals surface area contributed by atoms with E-state index in [1.807, 2.05) is 42.5 Å². The SMILES string of the molecule is O=C(Cn1c2c(sc1=O)[C@H](c1ccco1)C1C(=O)N(c3ccc(Cl)cc3)C(=O)C1S2)Nc1ccc2ccccc2c1. The number of aromatic nitrogens is 1. The lowest BCUT2D eigenvalue weighted by Crippen LogP contribution is -2.32. The molecule has 0 radical (unpaired) electrons. The Morgan fingerprint density at radius 2 is 1.71 bits per heavy atom. The maximum atomic E-state index is 13.8. The van der Waals surface area contributed by atoms with E-state index in [1.165, 1.54) is 15.7 Å². The summed E-state index contributed by atoms with van der Waals surface area (Å²) in [7, 11) is 0. The average molecular weight is 602 g/mol. The molecule has 3 amide bonds. The summed E-state index contributed by atoms with van der Waals surface area (Å²) in [5, 5.41) is 5.09. The molecule has 0 aliphatic carbocycles. The number of carbonyl (C=O) groups is 3. The molecule has 204 valence electrons. The van der Waals surface area contributed by atoms with Gasteiger partial charge in [0.25, 0.3) is 0 Å². The van der Waals surface area contributed by atoms with Gasteiger partial charge in [-0.25, -0.2) is 4.90 Å². The standard InChI is InChI=1S/C30H20ClN3O5S2/c31-18-8-11-20(12-9-18)34-27(36)24-23(21-6-3-13-39-21)26-29(40-25(24)28(34)37)33(30(38)41-26)15-22(35)32-19-10-7-16-4-1-2-5-17(16)14-19/h1-14,23-25H,15H2,(H,32,35)/t23-,24?,25?/m1/s1. The van der Waals surface area contributed by atoms with Crippen LogP contribution in [0.2, 0.25) is 5.02 Å². The van der Waals surface area contributed by atoms with E-state index in [0.717, 1.165) is 33.9 Å². The number of fused-ring (bicyclic) bond motifs is 3. The lowest BCUT2D eigenvalue weighted by atomic mass is 9.87. The summed E-state index contributed by atoms with van der Waals surface area (Å²) in [5.41, 5.74) is 1.04. The molecule has 11 heteroatoms. The molecule has 2 unspecified atom stereocenters. The number of benzene rings is 3. The number of thiazole rings is 1. The Balaban J connectivity index is 1.23. The molecule has 0 saturated carbocycles. The van der Waals surface area contributed by atoms with Crippen LogP contribution in [-0.2, 0) is 20.9 Å². The summed E-state index contributed by atoms with van der Waals surface area (Å²) >= 11 is 8.16. The smallest absolute Gasteiger partial charge is 0.308 e. The third-order valence-corrected chi connectivity index (χ3v) is 10.2. The van der Waals surface area contributed by atoms with Crippen molar-refractivity contribution in [1.29, 1.82) is 0 Å². The highest BCUT2D eigenvalue weighted by atomic mass is 35.5. The molecule has 5 aromatic rings. The summed E-state index contributed by atoms with van der Waals surface area (Å²) in [4.78, 5) is 55.3. The van der Waals surface area contributed by atoms with Crippen LogP contribution in [0.5, 0.6) is 0 Å². The van der Waals surface area contributed by atoms with Gasteiger partial charge in [0.1, 0.15) is 17.6 Å². The normalized spacial score (nSPS) is 19.8. The number of hydrogen-bond acceptors (Lipinski definition) is 7. The van der Waals surface area contributed by atoms with Crippen LogP contribution in [0, 0.1) is 5.92 Å². The first kappa shape index (κ1) is 25.8. The maximum Gasteiger partial charge on any atom is 0.308 e. The molecule has 2 aliphatic heterocycles. The van der Waals surface area contributed by atoms with Crippen LogP contribution < -0.4 is 15.1 Å². The molecule has 8 nitrogen and oxygen atoms in total. The fourth-order valence-electron chi connectivity index (χ4n) is 5.49. The fraction of sp³-hybridized carbons (Fsp3) is 0.133. The highest BCUT2D eigenvalue weighted by Gasteiger charge is 2.57. The second-order valence-corrected chi connectivity index (χ2v) is 12.3. The van der Waals surface area contributed by atoms with Crippen LogP contribution >= 0.6 is 34.7 Å². The fourth-order valence-corrected chi connectivity index (χ4v) is 8.37. The summed E-state index contributed by atoms with van der Waals surface area (Å²) in [6.45, 7) is -0.240. The van der Waals surface area contributed by atoms with Gasteiger partial charge >= 0.3 is 4.87 Å². The molecular formula is C30H20ClN3O5S2. The van der Waals surface area contributed by atoms with Gasteiger partial charge in [0.15, 0.2) is 0 Å². The highest BCUT2D eigenvalue weighted by Crippen LogP contribution is 2.54. The van der Waals surface area contributed by atoms with Crippen LogP contribution in [0.15, 0.2) is 99.4 Å². The molecule has 0 bridgehead atoms. The maximum absolute atomic E-state index is 13.8. The van der Waals surface area contributed by atoms with E-state index in [-0.39, 0.29) is 29.1 Å². The third kappa shape index (κ3) is 4.39. The molecule has 1 N–H and O–H groups in total. The van der Waals surface area contributed by atoms with Gasteiger partial charge in [-0.1, -0.05) is 65.0 Å². The van der Waals surface area contributed by atoms with Crippen molar-refractivity contribution >= 4 is 74.6 Å². The number of hydrogen-bond donors (Lipinski definition) is 1. The quantitative estimate of drug-likeness (QED) is 0.258. The number of carbonyl (C=O) groups excluding carboxylic acids is 3. The first-order valence-corrected chi connectivity index (χ1v) is 14.8. The molecule has 1 fully saturated rings. The lowest BCUT2D eigenvalue weighted by Gasteiger charge is -2.29. The van der Waals surface area contributed by atoms with E-state index in [2.05, 4.69) is 5.32 Å². The van der Waals surface area contributed by atoms with E-state index in [4.69, 9.17) is 16.0 Å². The highest BCUT2D eigenvalue weighted by molar-refractivity contribution is 8.00. The Kier molecular flexibility index (Phi) is 6.33. The van der Waals surface area contributed by atoms with E-state index in [0.29, 0.717) is 32.1 Å². The minimum Gasteiger partial charge on any atom is -0.469 e. The summed E-state index contributed by atoms with van der Waals surface area (Å²) in [6, 6.07) is 23.4. The number of amides is 3. The second kappa shape index (κ2) is 10.1. The monoisotopic (exact) mass is 601 g/mol. The predicted molar refractivity (Wildman–Crippen MR) is 159 cm³/mol. The number of rotatable bonds is 5. The number of thioether (sulfide) groups is 1. The number of halogens is 1. The van der Waals surface area contributed by atoms with Crippen LogP contribution in [0.1, 0.15) is 16.6 Å². The van der Waals surface area contributed by atoms with E-state index >= 15 is 0 Å². The van der Waals surface area contributed by atoms with E-state index < -0.39 is 17.1 Å². The molecule has 0 spiro atoms. The minimum atomic E-state index is -0.801. The van der Waals surface area contributed by atoms with Gasteiger partial charge in [0.2, 0.25) is 17.7 Å². The predicted octanol–water partition coefficient (Wildman–Crippen LogP) is 5.74. The van der Waals surface area contributed by atoms with Gasteiger partial charge in [-0.2, -0.15) is 0 Å². The Bertz CT molecular complexity index is 1900. The summed E-state index contributed by atoms with van der Waals surface area (Å²) in [6.07, 6.45) is 1.50. The lowest BCUT2D eigenvalue weighted by molar-refractivity contribution is -0.122. The molecule has 3 aromatic carbocycles. The molecule has 3 atom stereocenters. The Morgan fingerprint density at radius 1 is 0.927 bits per heavy atom. The zero-order chi connectivity index (χ0) is 28.2. The van der Waals surface area contributed by atoms with Crippen molar-refractivity contribution in [2.75, 3.05) is 10.2 Å². The molecule has 2 aromatic heterocycles. The van der Waals surface area contributed by atoms with Crippen molar-refractivity contribution in [2.24, 2.45) is 5.92 Å². The first-order valence-electron chi connectivity index (χ1n) is 12.7. The minimum absolute atomic E-state index is 0.240. The van der Waals surface area contributed by atoms with Crippen molar-refractivity contribution in [3.63, 3.8) is 0 Å². The molecule has 4 heterocycles. The Morgan fingerprint density at radius 3 is 2.46 bits per heavy atom. The summed E-state index contributed by atoms with van der Waals surface area (Å²) in [5.74, 6) is -2.09. The number of imide groups is 1. The topological polar surface area (TPSA) is 102 Å². The first-order chi connectivity index (χ1) is 19.9. The molecule has 41 heavy (non-hydrogen) atoms. The number of anilines is 2. The van der Waals surface area contributed by atoms with Gasteiger partial charge in [-0.05, 0) is 59.3 Å². The second-order valence-electron chi connectivity index (χ2n) is 9.78. The van der Waals surface area contributed by atoms with Crippen molar-refractivity contribution in [3.05, 3.63) is 110 Å². The zero-order valence-corrected chi connectivity index (χ0v) is 23.5. The van der Waals surface area contributed by atoms with Gasteiger partial charge in [-0.3, -0.25) is 23.7 Å². The van der Waals surface area contributed by atoms with E-state index in [9.17, 15) is 19.2 Å². The van der Waals surface area contributed by atoms with Crippen molar-refractivity contribution in [2.45, 2.75) is 22.7 Å². The number of furan rings is 1. The van der Waals surface area contributed by atoms with Crippen molar-refractivity contribution in [3.8, 4) is 0 Å². The Hall–Kier alpha value is -4.12. The van der Waals surface area contributed by atoms with Gasteiger partial charge in [0, 0.05) is 10.7 Å². The van der Waals surface area contributed by atoms with Gasteiger partial charge in [0.05, 0.1) is 33.7 Å². The van der Waals surface area contributed by atoms with Crippen LogP contribution in [-0.4, -0.2) is 27.5 Å². The number of nitrogens with zero attached hydrogens (tertiary/aromatic N) is 2. The molecular weight excluding hydrogens is 582 g/mol. The van der Waals surface area contributed by atoms with Crippen molar-refractivity contribution in [1.82, 2.24) is 4.57 Å². The van der Waals surface area contributed by atoms with Crippen LogP contribution in [0.3, 0.4) is 0 Å². The zero-order valence-electron chi connectivity index (χ0n) is 21.2. The van der Waals surface area contributed by atoms with Crippen LogP contribution in [0.25, 0.3) is 10.8 Å². The molecule has 7 rings (SSSR count). The van der Waals surface area contributed by atoms with Crippen LogP contribution in [0.4, 0.5) is 11.4 Å². The third-order valence-electron chi connectivity index (χ3n) is 7.32. The van der Waals surface area contributed by atoms with Gasteiger partial charge in [-0.15, -0.1) is 0 Å². The van der Waals surface area contributed by atoms with Gasteiger partial charge < -0.3 is 9.73 Å². The molecule has 2 aliphatic rings. The Labute approximate surface area is 246 Å². The van der Waals surface area contributed by atoms with Crippen molar-refractivity contribution < 1.29 is 18.8 Å². The average Bonchev–Trinajstić information content (AvgIpc) is 3.66. The van der Waals surface area contributed by atoms with E-state index in [1.54, 1.807) is 36.4 Å². The largest absolute Gasteiger partial charge is 0.469 e.